The number of hydrogen-bond acceptors (Lipinski definition) is 4. The lowest BCUT2D eigenvalue weighted by atomic mass is 10.1. The van der Waals surface area contributed by atoms with Crippen molar-refractivity contribution in [3.05, 3.63) is 47.3 Å². The summed E-state index contributed by atoms with van der Waals surface area (Å²) in [5, 5.41) is 0. The second-order valence-electron chi connectivity index (χ2n) is 4.43. The molecule has 2 aliphatic heterocycles. The number of H-pyrrole nitrogens is 1. The quantitative estimate of drug-likeness (QED) is 0.777. The molecule has 102 valence electrons. The van der Waals surface area contributed by atoms with E-state index in [-0.39, 0.29) is 5.69 Å². The summed E-state index contributed by atoms with van der Waals surface area (Å²) in [6.07, 6.45) is 5.45. The van der Waals surface area contributed by atoms with Crippen LogP contribution in [0.3, 0.4) is 0 Å². The number of aromatic nitrogens is 4. The highest BCUT2D eigenvalue weighted by atomic mass is 16.5. The highest BCUT2D eigenvalue weighted by Gasteiger charge is 2.14. The molecule has 6 heteroatoms. The van der Waals surface area contributed by atoms with Crippen molar-refractivity contribution in [1.29, 1.82) is 0 Å². The Morgan fingerprint density at radius 3 is 2.85 bits per heavy atom. The van der Waals surface area contributed by atoms with Gasteiger partial charge >= 0.3 is 5.69 Å². The Kier molecular flexibility index (Phi) is 3.30. The Hall–Kier alpha value is -2.47. The number of nitrogens with zero attached hydrogens (tertiary/aromatic N) is 3. The summed E-state index contributed by atoms with van der Waals surface area (Å²) >= 11 is 0. The third-order valence-electron chi connectivity index (χ3n) is 3.11. The molecule has 0 atom stereocenters. The van der Waals surface area contributed by atoms with Gasteiger partial charge in [-0.1, -0.05) is 0 Å². The zero-order valence-corrected chi connectivity index (χ0v) is 11.0. The van der Waals surface area contributed by atoms with E-state index in [4.69, 9.17) is 4.74 Å². The summed E-state index contributed by atoms with van der Waals surface area (Å²) in [6.45, 7) is 1.19. The topological polar surface area (TPSA) is 72.8 Å². The SMILES string of the molecule is COCCn1cc(-c2ccncc2)cc2[nH]c(=O)nc1-2. The molecule has 3 heterocycles. The number of hydrogen-bond donors (Lipinski definition) is 1. The third kappa shape index (κ3) is 2.33. The molecule has 0 unspecified atom stereocenters. The summed E-state index contributed by atoms with van der Waals surface area (Å²) in [4.78, 5) is 22.2. The van der Waals surface area contributed by atoms with Gasteiger partial charge in [-0.3, -0.25) is 4.98 Å². The fourth-order valence-corrected chi connectivity index (χ4v) is 2.16. The summed E-state index contributed by atoms with van der Waals surface area (Å²) in [7, 11) is 1.65. The second-order valence-corrected chi connectivity index (χ2v) is 4.43. The average Bonchev–Trinajstić information content (AvgIpc) is 2.86. The Balaban J connectivity index is 2.14. The van der Waals surface area contributed by atoms with Crippen molar-refractivity contribution >= 4 is 0 Å². The van der Waals surface area contributed by atoms with Gasteiger partial charge in [-0.05, 0) is 23.8 Å². The van der Waals surface area contributed by atoms with Gasteiger partial charge < -0.3 is 14.3 Å². The van der Waals surface area contributed by atoms with Crippen molar-refractivity contribution < 1.29 is 4.74 Å². The number of ether oxygens (including phenoxy) is 1. The van der Waals surface area contributed by atoms with Crippen LogP contribution in [-0.4, -0.2) is 33.2 Å². The minimum Gasteiger partial charge on any atom is -0.383 e. The van der Waals surface area contributed by atoms with E-state index in [1.165, 1.54) is 0 Å². The Labute approximate surface area is 115 Å². The second kappa shape index (κ2) is 5.26. The van der Waals surface area contributed by atoms with E-state index in [9.17, 15) is 4.79 Å². The number of fused-ring (bicyclic) bond motifs is 1. The van der Waals surface area contributed by atoms with Crippen LogP contribution < -0.4 is 5.69 Å². The van der Waals surface area contributed by atoms with Gasteiger partial charge in [0.15, 0.2) is 5.82 Å². The molecular weight excluding hydrogens is 256 g/mol. The van der Waals surface area contributed by atoms with E-state index in [0.29, 0.717) is 19.0 Å². The van der Waals surface area contributed by atoms with Crippen molar-refractivity contribution in [2.75, 3.05) is 13.7 Å². The molecule has 1 N–H and O–H groups in total. The molecule has 1 aromatic heterocycles. The largest absolute Gasteiger partial charge is 0.383 e. The first-order valence-corrected chi connectivity index (χ1v) is 6.27. The molecule has 6 nitrogen and oxygen atoms in total. The maximum Gasteiger partial charge on any atom is 0.347 e. The lowest BCUT2D eigenvalue weighted by molar-refractivity contribution is 0.187. The minimum atomic E-state index is -0.335. The monoisotopic (exact) mass is 270 g/mol. The molecular formula is C14H14N4O2. The molecule has 0 amide bonds. The molecule has 0 radical (unpaired) electrons. The number of rotatable bonds is 4. The van der Waals surface area contributed by atoms with E-state index in [2.05, 4.69) is 15.0 Å². The molecule has 0 spiro atoms. The zero-order valence-electron chi connectivity index (χ0n) is 11.0. The Morgan fingerprint density at radius 2 is 2.10 bits per heavy atom. The lowest BCUT2D eigenvalue weighted by Gasteiger charge is -2.13. The summed E-state index contributed by atoms with van der Waals surface area (Å²) in [6, 6.07) is 5.77. The predicted molar refractivity (Wildman–Crippen MR) is 74.6 cm³/mol. The van der Waals surface area contributed by atoms with Crippen molar-refractivity contribution in [3.63, 3.8) is 0 Å². The number of nitrogens with one attached hydrogen (secondary N) is 1. The molecule has 0 aromatic carbocycles. The van der Waals surface area contributed by atoms with Gasteiger partial charge in [0.25, 0.3) is 0 Å². The minimum absolute atomic E-state index is 0.335. The van der Waals surface area contributed by atoms with Gasteiger partial charge in [-0.25, -0.2) is 4.79 Å². The molecule has 0 saturated heterocycles. The smallest absolute Gasteiger partial charge is 0.347 e. The summed E-state index contributed by atoms with van der Waals surface area (Å²) < 4.78 is 7.02. The van der Waals surface area contributed by atoms with Crippen LogP contribution in [-0.2, 0) is 11.3 Å². The van der Waals surface area contributed by atoms with Crippen LogP contribution in [0.25, 0.3) is 22.6 Å². The van der Waals surface area contributed by atoms with Crippen LogP contribution in [0.1, 0.15) is 0 Å². The fraction of sp³-hybridized carbons (Fsp3) is 0.214. The Morgan fingerprint density at radius 1 is 1.30 bits per heavy atom. The number of aromatic amines is 1. The van der Waals surface area contributed by atoms with Crippen LogP contribution in [0.15, 0.2) is 41.6 Å². The van der Waals surface area contributed by atoms with Crippen molar-refractivity contribution in [3.8, 4) is 22.6 Å². The molecule has 1 aromatic rings. The highest BCUT2D eigenvalue weighted by Crippen LogP contribution is 2.25. The van der Waals surface area contributed by atoms with Crippen LogP contribution in [0.2, 0.25) is 0 Å². The first-order chi connectivity index (χ1) is 9.78. The highest BCUT2D eigenvalue weighted by molar-refractivity contribution is 5.68. The van der Waals surface area contributed by atoms with Gasteiger partial charge in [0, 0.05) is 37.8 Å². The average molecular weight is 270 g/mol. The van der Waals surface area contributed by atoms with E-state index < -0.39 is 0 Å². The summed E-state index contributed by atoms with van der Waals surface area (Å²) in [5.41, 5.74) is 2.42. The number of methoxy groups -OCH3 is 1. The van der Waals surface area contributed by atoms with E-state index in [0.717, 1.165) is 16.8 Å². The molecule has 0 saturated carbocycles. The van der Waals surface area contributed by atoms with E-state index in [1.807, 2.05) is 29.0 Å². The molecule has 0 fully saturated rings. The van der Waals surface area contributed by atoms with Crippen LogP contribution in [0, 0.1) is 0 Å². The normalized spacial score (nSPS) is 11.1. The first-order valence-electron chi connectivity index (χ1n) is 6.27. The van der Waals surface area contributed by atoms with Crippen molar-refractivity contribution in [1.82, 2.24) is 19.5 Å². The van der Waals surface area contributed by atoms with Crippen LogP contribution in [0.5, 0.6) is 0 Å². The van der Waals surface area contributed by atoms with Gasteiger partial charge in [0.2, 0.25) is 0 Å². The Bertz CT molecular complexity index is 733. The number of imidazole rings is 1. The molecule has 20 heavy (non-hydrogen) atoms. The lowest BCUT2D eigenvalue weighted by Crippen LogP contribution is -2.09. The fourth-order valence-electron chi connectivity index (χ4n) is 2.16. The van der Waals surface area contributed by atoms with Crippen molar-refractivity contribution in [2.24, 2.45) is 0 Å². The molecule has 0 bridgehead atoms. The third-order valence-corrected chi connectivity index (χ3v) is 3.11. The number of pyridine rings is 2. The van der Waals surface area contributed by atoms with Crippen molar-refractivity contribution in [2.45, 2.75) is 6.54 Å². The van der Waals surface area contributed by atoms with Crippen LogP contribution in [0.4, 0.5) is 0 Å². The maximum atomic E-state index is 11.4. The van der Waals surface area contributed by atoms with Gasteiger partial charge in [0.1, 0.15) is 0 Å². The van der Waals surface area contributed by atoms with Gasteiger partial charge in [0.05, 0.1) is 12.3 Å². The van der Waals surface area contributed by atoms with E-state index in [1.54, 1.807) is 19.5 Å². The van der Waals surface area contributed by atoms with Gasteiger partial charge in [-0.15, -0.1) is 0 Å². The van der Waals surface area contributed by atoms with Gasteiger partial charge in [-0.2, -0.15) is 4.98 Å². The standard InChI is InChI=1S/C14H14N4O2/c1-20-7-6-18-9-11(10-2-4-15-5-3-10)8-12-13(18)17-14(19)16-12/h2-5,8-9H,6-7H2,1H3,(H,16,19). The molecule has 2 aliphatic rings. The maximum absolute atomic E-state index is 11.4. The zero-order chi connectivity index (χ0) is 13.9. The predicted octanol–water partition coefficient (Wildman–Crippen LogP) is 1.38. The molecule has 0 aliphatic carbocycles. The first kappa shape index (κ1) is 12.6. The summed E-state index contributed by atoms with van der Waals surface area (Å²) in [5.74, 6) is 0.643. The van der Waals surface area contributed by atoms with Crippen LogP contribution >= 0.6 is 0 Å². The molecule has 3 rings (SSSR count). The van der Waals surface area contributed by atoms with E-state index >= 15 is 0 Å².